The van der Waals surface area contributed by atoms with Gasteiger partial charge in [-0.25, -0.2) is 0 Å². The zero-order valence-corrected chi connectivity index (χ0v) is 20.1. The van der Waals surface area contributed by atoms with Crippen LogP contribution in [0.15, 0.2) is 84.9 Å². The largest absolute Gasteiger partial charge is 0.277 e. The molecular formula is C31H20N2O4. The molecule has 2 heterocycles. The molecule has 0 unspecified atom stereocenters. The van der Waals surface area contributed by atoms with Gasteiger partial charge in [0.05, 0.1) is 27.7 Å². The molecule has 6 nitrogen and oxygen atoms in total. The average Bonchev–Trinajstić information content (AvgIpc) is 3.44. The van der Waals surface area contributed by atoms with E-state index in [4.69, 9.17) is 0 Å². The van der Waals surface area contributed by atoms with Crippen LogP contribution >= 0.6 is 0 Å². The van der Waals surface area contributed by atoms with Crippen LogP contribution in [0.1, 0.15) is 63.7 Å². The summed E-state index contributed by atoms with van der Waals surface area (Å²) in [5.41, 5.74) is 6.34. The monoisotopic (exact) mass is 484 g/mol. The van der Waals surface area contributed by atoms with Crippen molar-refractivity contribution in [3.05, 3.63) is 129 Å². The molecule has 4 aromatic rings. The van der Waals surface area contributed by atoms with E-state index in [1.807, 2.05) is 48.5 Å². The first-order valence-corrected chi connectivity index (χ1v) is 12.0. The summed E-state index contributed by atoms with van der Waals surface area (Å²) in [7, 11) is 2.97. The van der Waals surface area contributed by atoms with Crippen LogP contribution in [0.25, 0.3) is 11.1 Å². The Kier molecular flexibility index (Phi) is 4.12. The molecule has 178 valence electrons. The number of carbonyl (C=O) groups is 4. The lowest BCUT2D eigenvalue weighted by Crippen LogP contribution is -2.29. The molecule has 1 aliphatic carbocycles. The van der Waals surface area contributed by atoms with Crippen molar-refractivity contribution in [3.63, 3.8) is 0 Å². The molecule has 0 N–H and O–H groups in total. The Labute approximate surface area is 212 Å². The number of imide groups is 2. The number of hydrogen-bond acceptors (Lipinski definition) is 4. The van der Waals surface area contributed by atoms with Gasteiger partial charge in [0, 0.05) is 14.1 Å². The fraction of sp³-hybridized carbons (Fsp3) is 0.0968. The maximum atomic E-state index is 13.0. The van der Waals surface area contributed by atoms with E-state index in [0.29, 0.717) is 22.3 Å². The predicted molar refractivity (Wildman–Crippen MR) is 137 cm³/mol. The second-order valence-corrected chi connectivity index (χ2v) is 9.70. The van der Waals surface area contributed by atoms with Gasteiger partial charge in [0.2, 0.25) is 0 Å². The van der Waals surface area contributed by atoms with Crippen LogP contribution in [0.2, 0.25) is 0 Å². The molecule has 4 amide bonds. The summed E-state index contributed by atoms with van der Waals surface area (Å²) in [6, 6.07) is 27.1. The zero-order chi connectivity index (χ0) is 25.6. The third kappa shape index (κ3) is 2.49. The summed E-state index contributed by atoms with van der Waals surface area (Å²) in [5.74, 6) is -1.32. The van der Waals surface area contributed by atoms with Crippen molar-refractivity contribution < 1.29 is 19.2 Å². The van der Waals surface area contributed by atoms with Crippen LogP contribution in [0.4, 0.5) is 0 Å². The zero-order valence-electron chi connectivity index (χ0n) is 20.1. The van der Waals surface area contributed by atoms with Crippen LogP contribution in [-0.4, -0.2) is 47.5 Å². The lowest BCUT2D eigenvalue weighted by molar-refractivity contribution is 0.0678. The first kappa shape index (κ1) is 21.4. The van der Waals surface area contributed by atoms with E-state index in [1.54, 1.807) is 12.1 Å². The molecule has 3 aliphatic rings. The van der Waals surface area contributed by atoms with Crippen LogP contribution in [-0.2, 0) is 5.41 Å². The number of fused-ring (bicyclic) bond motifs is 5. The van der Waals surface area contributed by atoms with E-state index in [2.05, 4.69) is 24.3 Å². The van der Waals surface area contributed by atoms with E-state index >= 15 is 0 Å². The van der Waals surface area contributed by atoms with Gasteiger partial charge in [-0.1, -0.05) is 60.7 Å². The van der Waals surface area contributed by atoms with Gasteiger partial charge in [-0.15, -0.1) is 0 Å². The van der Waals surface area contributed by atoms with Crippen molar-refractivity contribution in [2.45, 2.75) is 5.41 Å². The Morgan fingerprint density at radius 1 is 0.459 bits per heavy atom. The first-order valence-electron chi connectivity index (χ1n) is 12.0. The fourth-order valence-corrected chi connectivity index (χ4v) is 6.21. The van der Waals surface area contributed by atoms with Crippen molar-refractivity contribution in [1.82, 2.24) is 9.80 Å². The minimum atomic E-state index is -0.869. The standard InChI is InChI=1S/C31H20N2O4/c1-32-27(34)21-13-11-17(15-23(21)29(32)36)31(18-12-14-22-24(16-18)30(37)33(2)28(22)35)25-9-5-3-7-19(25)20-8-4-6-10-26(20)31/h3-16H,1-2H3. The number of rotatable bonds is 2. The van der Waals surface area contributed by atoms with Crippen LogP contribution in [0.3, 0.4) is 0 Å². The number of nitrogens with zero attached hydrogens (tertiary/aromatic N) is 2. The lowest BCUT2D eigenvalue weighted by atomic mass is 9.67. The molecule has 0 fully saturated rings. The number of hydrogen-bond donors (Lipinski definition) is 0. The third-order valence-corrected chi connectivity index (χ3v) is 8.00. The predicted octanol–water partition coefficient (Wildman–Crippen LogP) is 4.50. The van der Waals surface area contributed by atoms with Crippen molar-refractivity contribution in [2.24, 2.45) is 0 Å². The van der Waals surface area contributed by atoms with Gasteiger partial charge in [0.1, 0.15) is 0 Å². The van der Waals surface area contributed by atoms with Gasteiger partial charge in [-0.3, -0.25) is 29.0 Å². The Hall–Kier alpha value is -4.84. The molecular weight excluding hydrogens is 464 g/mol. The highest BCUT2D eigenvalue weighted by Gasteiger charge is 2.48. The molecule has 0 spiro atoms. The lowest BCUT2D eigenvalue weighted by Gasteiger charge is -2.34. The van der Waals surface area contributed by atoms with Gasteiger partial charge in [-0.2, -0.15) is 0 Å². The van der Waals surface area contributed by atoms with E-state index < -0.39 is 5.41 Å². The minimum Gasteiger partial charge on any atom is -0.277 e. The van der Waals surface area contributed by atoms with Crippen LogP contribution < -0.4 is 0 Å². The highest BCUT2D eigenvalue weighted by Crippen LogP contribution is 2.56. The molecule has 0 aromatic heterocycles. The molecule has 0 saturated carbocycles. The number of amides is 4. The molecule has 0 radical (unpaired) electrons. The van der Waals surface area contributed by atoms with Gasteiger partial charge in [0.15, 0.2) is 0 Å². The number of carbonyl (C=O) groups excluding carboxylic acids is 4. The topological polar surface area (TPSA) is 74.8 Å². The molecule has 0 saturated heterocycles. The Morgan fingerprint density at radius 3 is 1.27 bits per heavy atom. The van der Waals surface area contributed by atoms with Crippen LogP contribution in [0, 0.1) is 0 Å². The summed E-state index contributed by atoms with van der Waals surface area (Å²) in [4.78, 5) is 53.5. The van der Waals surface area contributed by atoms with E-state index in [9.17, 15) is 19.2 Å². The number of benzene rings is 4. The Bertz CT molecular complexity index is 1620. The maximum absolute atomic E-state index is 13.0. The molecule has 0 bridgehead atoms. The van der Waals surface area contributed by atoms with E-state index in [1.165, 1.54) is 14.1 Å². The minimum absolute atomic E-state index is 0.322. The maximum Gasteiger partial charge on any atom is 0.261 e. The van der Waals surface area contributed by atoms with Crippen molar-refractivity contribution in [3.8, 4) is 11.1 Å². The molecule has 0 atom stereocenters. The van der Waals surface area contributed by atoms with Crippen LogP contribution in [0.5, 0.6) is 0 Å². The van der Waals surface area contributed by atoms with E-state index in [-0.39, 0.29) is 23.6 Å². The highest BCUT2D eigenvalue weighted by atomic mass is 16.2. The summed E-state index contributed by atoms with van der Waals surface area (Å²) in [6.45, 7) is 0. The Balaban J connectivity index is 1.60. The molecule has 2 aliphatic heterocycles. The summed E-state index contributed by atoms with van der Waals surface area (Å²) in [5, 5.41) is 0. The highest BCUT2D eigenvalue weighted by molar-refractivity contribution is 6.22. The summed E-state index contributed by atoms with van der Waals surface area (Å²) < 4.78 is 0. The first-order chi connectivity index (χ1) is 17.9. The van der Waals surface area contributed by atoms with Crippen molar-refractivity contribution >= 4 is 23.6 Å². The second kappa shape index (κ2) is 7.11. The van der Waals surface area contributed by atoms with Gasteiger partial charge in [-0.05, 0) is 57.6 Å². The van der Waals surface area contributed by atoms with Gasteiger partial charge < -0.3 is 0 Å². The molecule has 6 heteroatoms. The third-order valence-electron chi connectivity index (χ3n) is 8.00. The van der Waals surface area contributed by atoms with Crippen molar-refractivity contribution in [1.29, 1.82) is 0 Å². The molecule has 4 aromatic carbocycles. The normalized spacial score (nSPS) is 16.7. The molecule has 37 heavy (non-hydrogen) atoms. The van der Waals surface area contributed by atoms with E-state index in [0.717, 1.165) is 43.2 Å². The smallest absolute Gasteiger partial charge is 0.261 e. The average molecular weight is 485 g/mol. The fourth-order valence-electron chi connectivity index (χ4n) is 6.21. The van der Waals surface area contributed by atoms with Gasteiger partial charge >= 0.3 is 0 Å². The second-order valence-electron chi connectivity index (χ2n) is 9.70. The molecule has 7 rings (SSSR count). The summed E-state index contributed by atoms with van der Waals surface area (Å²) >= 11 is 0. The SMILES string of the molecule is CN1C(=O)c2ccc(C3(c4ccc5c(c4)C(=O)N(C)C5=O)c4ccccc4-c4ccccc43)cc2C1=O. The van der Waals surface area contributed by atoms with Crippen molar-refractivity contribution in [2.75, 3.05) is 14.1 Å². The quantitative estimate of drug-likeness (QED) is 0.346. The van der Waals surface area contributed by atoms with Gasteiger partial charge in [0.25, 0.3) is 23.6 Å². The Morgan fingerprint density at radius 2 is 0.838 bits per heavy atom. The summed E-state index contributed by atoms with van der Waals surface area (Å²) in [6.07, 6.45) is 0.